The second kappa shape index (κ2) is 3.44. The van der Waals surface area contributed by atoms with Crippen molar-refractivity contribution in [3.8, 4) is 0 Å². The minimum absolute atomic E-state index is 1.12. The lowest BCUT2D eigenvalue weighted by molar-refractivity contribution is 0.561. The molecule has 0 bridgehead atoms. The van der Waals surface area contributed by atoms with Crippen molar-refractivity contribution in [2.45, 2.75) is 32.1 Å². The first-order chi connectivity index (χ1) is 4.43. The average molecular weight is 123 g/mol. The summed E-state index contributed by atoms with van der Waals surface area (Å²) in [4.78, 5) is 9.87. The van der Waals surface area contributed by atoms with Crippen molar-refractivity contribution >= 4 is 6.29 Å². The minimum Gasteiger partial charge on any atom is -0.286 e. The molecule has 1 fully saturated rings. The molecule has 1 aliphatic rings. The molecule has 1 radical (unpaired) electrons. The lowest BCUT2D eigenvalue weighted by Gasteiger charge is -2.11. The van der Waals surface area contributed by atoms with E-state index >= 15 is 0 Å². The van der Waals surface area contributed by atoms with Gasteiger partial charge in [-0.05, 0) is 31.8 Å². The Morgan fingerprint density at radius 1 is 1.22 bits per heavy atom. The van der Waals surface area contributed by atoms with Gasteiger partial charge in [0.1, 0.15) is 0 Å². The van der Waals surface area contributed by atoms with E-state index < -0.39 is 0 Å². The van der Waals surface area contributed by atoms with Crippen molar-refractivity contribution in [2.75, 3.05) is 0 Å². The van der Waals surface area contributed by atoms with Crippen LogP contribution in [-0.4, -0.2) is 6.29 Å². The maximum Gasteiger partial charge on any atom is 0.225 e. The van der Waals surface area contributed by atoms with Gasteiger partial charge in [0.25, 0.3) is 0 Å². The smallest absolute Gasteiger partial charge is 0.225 e. The third-order valence-electron chi connectivity index (χ3n) is 1.76. The first-order valence-corrected chi connectivity index (χ1v) is 3.49. The fourth-order valence-electron chi connectivity index (χ4n) is 1.23. The van der Waals surface area contributed by atoms with Crippen LogP contribution in [0.15, 0.2) is 11.6 Å². The van der Waals surface area contributed by atoms with E-state index in [2.05, 4.69) is 0 Å². The molecule has 1 rings (SSSR count). The Bertz CT molecular complexity index is 117. The van der Waals surface area contributed by atoms with Crippen LogP contribution in [-0.2, 0) is 4.79 Å². The molecule has 0 aliphatic heterocycles. The highest BCUT2D eigenvalue weighted by atomic mass is 16.1. The molecule has 1 saturated carbocycles. The molecule has 0 saturated heterocycles. The average Bonchev–Trinajstić information content (AvgIpc) is 1.91. The summed E-state index contributed by atoms with van der Waals surface area (Å²) in [6.45, 7) is 0. The van der Waals surface area contributed by atoms with Gasteiger partial charge < -0.3 is 0 Å². The SMILES string of the molecule is O=[C]C=C1CCCCC1. The van der Waals surface area contributed by atoms with Crippen LogP contribution in [0.25, 0.3) is 0 Å². The van der Waals surface area contributed by atoms with E-state index in [9.17, 15) is 4.79 Å². The Balaban J connectivity index is 2.39. The molecule has 0 unspecified atom stereocenters. The van der Waals surface area contributed by atoms with Crippen molar-refractivity contribution in [3.05, 3.63) is 11.6 Å². The topological polar surface area (TPSA) is 17.1 Å². The van der Waals surface area contributed by atoms with Gasteiger partial charge in [0.15, 0.2) is 0 Å². The van der Waals surface area contributed by atoms with E-state index in [4.69, 9.17) is 0 Å². The highest BCUT2D eigenvalue weighted by Crippen LogP contribution is 2.21. The summed E-state index contributed by atoms with van der Waals surface area (Å²) in [5.41, 5.74) is 1.29. The van der Waals surface area contributed by atoms with E-state index in [1.54, 1.807) is 6.08 Å². The number of allylic oxidation sites excluding steroid dienone is 2. The molecule has 1 aliphatic carbocycles. The van der Waals surface area contributed by atoms with Crippen molar-refractivity contribution in [1.29, 1.82) is 0 Å². The van der Waals surface area contributed by atoms with Crippen LogP contribution in [0, 0.1) is 0 Å². The molecule has 1 heteroatoms. The standard InChI is InChI=1S/C8H11O/c9-7-6-8-4-2-1-3-5-8/h6H,1-5H2. The molecule has 0 aromatic heterocycles. The Hall–Kier alpha value is -0.590. The second-order valence-corrected chi connectivity index (χ2v) is 2.48. The molecular weight excluding hydrogens is 112 g/mol. The van der Waals surface area contributed by atoms with E-state index in [-0.39, 0.29) is 0 Å². The van der Waals surface area contributed by atoms with Gasteiger partial charge >= 0.3 is 0 Å². The Kier molecular flexibility index (Phi) is 2.49. The monoisotopic (exact) mass is 123 g/mol. The highest BCUT2D eigenvalue weighted by molar-refractivity contribution is 5.66. The van der Waals surface area contributed by atoms with Crippen LogP contribution in [0.3, 0.4) is 0 Å². The molecular formula is C8H11O. The first kappa shape index (κ1) is 6.53. The fraction of sp³-hybridized carbons (Fsp3) is 0.625. The quantitative estimate of drug-likeness (QED) is 0.487. The number of hydrogen-bond acceptors (Lipinski definition) is 1. The van der Waals surface area contributed by atoms with E-state index in [0.29, 0.717) is 0 Å². The van der Waals surface area contributed by atoms with Crippen LogP contribution in [0.1, 0.15) is 32.1 Å². The molecule has 0 amide bonds. The summed E-state index contributed by atoms with van der Waals surface area (Å²) in [5.74, 6) is 0. The van der Waals surface area contributed by atoms with Crippen LogP contribution >= 0.6 is 0 Å². The summed E-state index contributed by atoms with van der Waals surface area (Å²) in [6, 6.07) is 0. The molecule has 0 heterocycles. The summed E-state index contributed by atoms with van der Waals surface area (Å²) in [6.07, 6.45) is 9.51. The van der Waals surface area contributed by atoms with Crippen molar-refractivity contribution < 1.29 is 4.79 Å². The van der Waals surface area contributed by atoms with Crippen LogP contribution in [0.2, 0.25) is 0 Å². The Morgan fingerprint density at radius 3 is 2.44 bits per heavy atom. The molecule has 0 atom stereocenters. The summed E-state index contributed by atoms with van der Waals surface area (Å²) in [5, 5.41) is 0. The Labute approximate surface area is 55.8 Å². The van der Waals surface area contributed by atoms with E-state index in [0.717, 1.165) is 12.8 Å². The highest BCUT2D eigenvalue weighted by Gasteiger charge is 2.03. The zero-order valence-electron chi connectivity index (χ0n) is 5.52. The molecule has 49 valence electrons. The molecule has 9 heavy (non-hydrogen) atoms. The van der Waals surface area contributed by atoms with Gasteiger partial charge in [-0.1, -0.05) is 12.0 Å². The summed E-state index contributed by atoms with van der Waals surface area (Å²) in [7, 11) is 0. The third-order valence-corrected chi connectivity index (χ3v) is 1.76. The van der Waals surface area contributed by atoms with Crippen molar-refractivity contribution in [2.24, 2.45) is 0 Å². The maximum atomic E-state index is 9.87. The maximum absolute atomic E-state index is 9.87. The molecule has 0 aromatic rings. The lowest BCUT2D eigenvalue weighted by atomic mass is 9.95. The minimum atomic E-state index is 1.12. The zero-order valence-corrected chi connectivity index (χ0v) is 5.52. The summed E-state index contributed by atoms with van der Waals surface area (Å²) < 4.78 is 0. The zero-order chi connectivity index (χ0) is 6.53. The van der Waals surface area contributed by atoms with Crippen molar-refractivity contribution in [3.63, 3.8) is 0 Å². The lowest BCUT2D eigenvalue weighted by Crippen LogP contribution is -1.93. The van der Waals surface area contributed by atoms with Crippen LogP contribution in [0.5, 0.6) is 0 Å². The number of hydrogen-bond donors (Lipinski definition) is 0. The normalized spacial score (nSPS) is 19.3. The van der Waals surface area contributed by atoms with Crippen LogP contribution < -0.4 is 0 Å². The van der Waals surface area contributed by atoms with Crippen LogP contribution in [0.4, 0.5) is 0 Å². The van der Waals surface area contributed by atoms with Gasteiger partial charge in [-0.25, -0.2) is 0 Å². The first-order valence-electron chi connectivity index (χ1n) is 3.49. The third kappa shape index (κ3) is 2.00. The van der Waals surface area contributed by atoms with Gasteiger partial charge in [-0.3, -0.25) is 4.79 Å². The predicted octanol–water partition coefficient (Wildman–Crippen LogP) is 1.99. The number of carbonyl (C=O) groups excluding carboxylic acids is 1. The van der Waals surface area contributed by atoms with E-state index in [1.807, 2.05) is 6.29 Å². The largest absolute Gasteiger partial charge is 0.286 e. The number of rotatable bonds is 1. The molecule has 0 N–H and O–H groups in total. The van der Waals surface area contributed by atoms with Gasteiger partial charge in [0.2, 0.25) is 6.29 Å². The van der Waals surface area contributed by atoms with E-state index in [1.165, 1.54) is 24.8 Å². The van der Waals surface area contributed by atoms with Gasteiger partial charge in [0.05, 0.1) is 0 Å². The Morgan fingerprint density at radius 2 is 1.89 bits per heavy atom. The van der Waals surface area contributed by atoms with Gasteiger partial charge in [0, 0.05) is 0 Å². The fourth-order valence-corrected chi connectivity index (χ4v) is 1.23. The second-order valence-electron chi connectivity index (χ2n) is 2.48. The summed E-state index contributed by atoms with van der Waals surface area (Å²) >= 11 is 0. The molecule has 0 spiro atoms. The molecule has 1 nitrogen and oxygen atoms in total. The predicted molar refractivity (Wildman–Crippen MR) is 36.9 cm³/mol. The van der Waals surface area contributed by atoms with Crippen molar-refractivity contribution in [1.82, 2.24) is 0 Å². The molecule has 0 aromatic carbocycles. The van der Waals surface area contributed by atoms with Gasteiger partial charge in [-0.15, -0.1) is 0 Å². The van der Waals surface area contributed by atoms with Gasteiger partial charge in [-0.2, -0.15) is 0 Å².